The standard InChI is InChI=1S/C20H18N6O3S2/c1-29-16-4-2-3-13(9-16)18-12-30-19(25-18)14(10-21)11-24-15-5-7-17(8-6-15)31(27,28)26-20(22)23/h2-9,11-12,24H,1H3,(H4,22,23,26). The minimum atomic E-state index is -3.96. The molecule has 31 heavy (non-hydrogen) atoms. The average Bonchev–Trinajstić information content (AvgIpc) is 3.24. The first-order valence-corrected chi connectivity index (χ1v) is 11.1. The SMILES string of the molecule is COc1cccc(-c2csc(C(C#N)=CNc3ccc(S(=O)(=O)N=C(N)N)cc3)n2)c1. The first-order chi connectivity index (χ1) is 14.8. The van der Waals surface area contributed by atoms with Gasteiger partial charge >= 0.3 is 0 Å². The molecule has 11 heteroatoms. The lowest BCUT2D eigenvalue weighted by Gasteiger charge is -2.04. The van der Waals surface area contributed by atoms with E-state index in [0.717, 1.165) is 17.0 Å². The highest BCUT2D eigenvalue weighted by Gasteiger charge is 2.13. The highest BCUT2D eigenvalue weighted by molar-refractivity contribution is 7.90. The number of hydrogen-bond acceptors (Lipinski definition) is 7. The Labute approximate surface area is 183 Å². The van der Waals surface area contributed by atoms with Crippen LogP contribution in [-0.2, 0) is 10.0 Å². The van der Waals surface area contributed by atoms with Crippen molar-refractivity contribution in [2.45, 2.75) is 4.90 Å². The van der Waals surface area contributed by atoms with Crippen molar-refractivity contribution in [3.63, 3.8) is 0 Å². The third kappa shape index (κ3) is 5.39. The number of thiazole rings is 1. The Morgan fingerprint density at radius 1 is 1.26 bits per heavy atom. The number of nitrogens with one attached hydrogen (secondary N) is 1. The lowest BCUT2D eigenvalue weighted by Crippen LogP contribution is -2.24. The molecule has 0 amide bonds. The molecule has 158 valence electrons. The van der Waals surface area contributed by atoms with E-state index < -0.39 is 16.0 Å². The second-order valence-corrected chi connectivity index (χ2v) is 8.56. The van der Waals surface area contributed by atoms with Gasteiger partial charge in [0.1, 0.15) is 22.4 Å². The van der Waals surface area contributed by atoms with Gasteiger partial charge in [-0.25, -0.2) is 4.98 Å². The number of hydrogen-bond donors (Lipinski definition) is 3. The number of anilines is 1. The average molecular weight is 455 g/mol. The van der Waals surface area contributed by atoms with Gasteiger partial charge in [0.25, 0.3) is 10.0 Å². The molecular formula is C20H18N6O3S2. The van der Waals surface area contributed by atoms with Gasteiger partial charge in [-0.2, -0.15) is 13.7 Å². The molecule has 0 aliphatic heterocycles. The molecule has 0 unspecified atom stereocenters. The highest BCUT2D eigenvalue weighted by atomic mass is 32.2. The molecule has 3 rings (SSSR count). The quantitative estimate of drug-likeness (QED) is 0.279. The molecule has 0 saturated carbocycles. The Balaban J connectivity index is 1.78. The van der Waals surface area contributed by atoms with E-state index in [9.17, 15) is 13.7 Å². The van der Waals surface area contributed by atoms with Crippen molar-refractivity contribution in [3.8, 4) is 23.1 Å². The summed E-state index contributed by atoms with van der Waals surface area (Å²) in [5.74, 6) is 0.177. The van der Waals surface area contributed by atoms with Crippen LogP contribution in [0.25, 0.3) is 16.8 Å². The molecule has 0 saturated heterocycles. The van der Waals surface area contributed by atoms with Crippen molar-refractivity contribution < 1.29 is 13.2 Å². The fourth-order valence-electron chi connectivity index (χ4n) is 2.52. The van der Waals surface area contributed by atoms with Gasteiger partial charge in [-0.15, -0.1) is 15.7 Å². The molecule has 0 fully saturated rings. The van der Waals surface area contributed by atoms with E-state index in [1.54, 1.807) is 7.11 Å². The summed E-state index contributed by atoms with van der Waals surface area (Å²) in [4.78, 5) is 4.47. The van der Waals surface area contributed by atoms with Gasteiger partial charge in [0.15, 0.2) is 0 Å². The number of benzene rings is 2. The summed E-state index contributed by atoms with van der Waals surface area (Å²) in [6.07, 6.45) is 1.51. The molecule has 0 aliphatic carbocycles. The van der Waals surface area contributed by atoms with Crippen molar-refractivity contribution >= 4 is 38.6 Å². The van der Waals surface area contributed by atoms with Crippen LogP contribution in [0.5, 0.6) is 5.75 Å². The number of methoxy groups -OCH3 is 1. The van der Waals surface area contributed by atoms with Gasteiger partial charge in [0, 0.05) is 22.8 Å². The van der Waals surface area contributed by atoms with Crippen LogP contribution in [-0.4, -0.2) is 26.5 Å². The van der Waals surface area contributed by atoms with Crippen molar-refractivity contribution in [3.05, 3.63) is 65.1 Å². The van der Waals surface area contributed by atoms with Crippen LogP contribution in [0, 0.1) is 11.3 Å². The van der Waals surface area contributed by atoms with Gasteiger partial charge in [-0.1, -0.05) is 12.1 Å². The van der Waals surface area contributed by atoms with Crippen LogP contribution in [0.2, 0.25) is 0 Å². The molecule has 9 nitrogen and oxygen atoms in total. The molecule has 5 N–H and O–H groups in total. The minimum Gasteiger partial charge on any atom is -0.497 e. The van der Waals surface area contributed by atoms with Crippen LogP contribution in [0.3, 0.4) is 0 Å². The van der Waals surface area contributed by atoms with Crippen molar-refractivity contribution in [2.75, 3.05) is 12.4 Å². The smallest absolute Gasteiger partial charge is 0.285 e. The summed E-state index contributed by atoms with van der Waals surface area (Å²) in [7, 11) is -2.36. The Morgan fingerprint density at radius 2 is 2.00 bits per heavy atom. The largest absolute Gasteiger partial charge is 0.497 e. The van der Waals surface area contributed by atoms with Gasteiger partial charge < -0.3 is 21.5 Å². The lowest BCUT2D eigenvalue weighted by molar-refractivity contribution is 0.415. The van der Waals surface area contributed by atoms with E-state index in [1.165, 1.54) is 41.8 Å². The number of nitriles is 1. The zero-order chi connectivity index (χ0) is 22.4. The molecule has 1 heterocycles. The number of allylic oxidation sites excluding steroid dienone is 1. The van der Waals surface area contributed by atoms with Crippen molar-refractivity contribution in [1.82, 2.24) is 4.98 Å². The minimum absolute atomic E-state index is 0.0567. The molecule has 0 aliphatic rings. The van der Waals surface area contributed by atoms with E-state index in [4.69, 9.17) is 16.2 Å². The van der Waals surface area contributed by atoms with Crippen molar-refractivity contribution in [1.29, 1.82) is 5.26 Å². The third-order valence-electron chi connectivity index (χ3n) is 3.98. The summed E-state index contributed by atoms with van der Waals surface area (Å²) in [6.45, 7) is 0. The van der Waals surface area contributed by atoms with E-state index >= 15 is 0 Å². The lowest BCUT2D eigenvalue weighted by atomic mass is 10.1. The third-order valence-corrected chi connectivity index (χ3v) is 6.18. The number of guanidine groups is 1. The second-order valence-electron chi connectivity index (χ2n) is 6.10. The van der Waals surface area contributed by atoms with E-state index in [-0.39, 0.29) is 4.90 Å². The van der Waals surface area contributed by atoms with Crippen LogP contribution < -0.4 is 21.5 Å². The molecule has 1 aromatic heterocycles. The van der Waals surface area contributed by atoms with E-state index in [0.29, 0.717) is 16.3 Å². The van der Waals surface area contributed by atoms with E-state index in [2.05, 4.69) is 20.8 Å². The normalized spacial score (nSPS) is 11.4. The number of rotatable bonds is 7. The van der Waals surface area contributed by atoms with Crippen LogP contribution in [0.15, 0.2) is 69.4 Å². The first-order valence-electron chi connectivity index (χ1n) is 8.75. The molecule has 2 aromatic carbocycles. The number of nitrogens with zero attached hydrogens (tertiary/aromatic N) is 3. The summed E-state index contributed by atoms with van der Waals surface area (Å²) >= 11 is 1.34. The van der Waals surface area contributed by atoms with E-state index in [1.807, 2.05) is 29.6 Å². The van der Waals surface area contributed by atoms with Crippen molar-refractivity contribution in [2.24, 2.45) is 15.9 Å². The molecule has 0 atom stereocenters. The van der Waals surface area contributed by atoms with Crippen LogP contribution in [0.4, 0.5) is 5.69 Å². The second kappa shape index (κ2) is 9.29. The monoisotopic (exact) mass is 454 g/mol. The molecule has 0 radical (unpaired) electrons. The maximum Gasteiger partial charge on any atom is 0.285 e. The highest BCUT2D eigenvalue weighted by Crippen LogP contribution is 2.28. The topological polar surface area (TPSA) is 156 Å². The molecule has 3 aromatic rings. The Hall–Kier alpha value is -3.88. The fraction of sp³-hybridized carbons (Fsp3) is 0.0500. The van der Waals surface area contributed by atoms with Gasteiger partial charge in [-0.3, -0.25) is 0 Å². The summed E-state index contributed by atoms with van der Waals surface area (Å²) in [5.41, 5.74) is 12.8. The number of nitrogens with two attached hydrogens (primary N) is 2. The zero-order valence-electron chi connectivity index (χ0n) is 16.3. The van der Waals surface area contributed by atoms with Crippen LogP contribution in [0.1, 0.15) is 5.01 Å². The predicted molar refractivity (Wildman–Crippen MR) is 121 cm³/mol. The van der Waals surface area contributed by atoms with Gasteiger partial charge in [-0.05, 0) is 36.4 Å². The predicted octanol–water partition coefficient (Wildman–Crippen LogP) is 2.76. The number of aromatic nitrogens is 1. The number of ether oxygens (including phenoxy) is 1. The fourth-order valence-corrected chi connectivity index (χ4v) is 4.18. The Bertz CT molecular complexity index is 1280. The summed E-state index contributed by atoms with van der Waals surface area (Å²) in [6, 6.07) is 15.4. The maximum atomic E-state index is 12.0. The number of sulfonamides is 1. The zero-order valence-corrected chi connectivity index (χ0v) is 17.9. The maximum absolute atomic E-state index is 12.0. The van der Waals surface area contributed by atoms with Gasteiger partial charge in [0.2, 0.25) is 5.96 Å². The summed E-state index contributed by atoms with van der Waals surface area (Å²) in [5, 5.41) is 14.9. The molecular weight excluding hydrogens is 436 g/mol. The Morgan fingerprint density at radius 3 is 2.65 bits per heavy atom. The molecule has 0 bridgehead atoms. The Kier molecular flexibility index (Phi) is 6.54. The summed E-state index contributed by atoms with van der Waals surface area (Å²) < 4.78 is 32.4. The van der Waals surface area contributed by atoms with Crippen LogP contribution >= 0.6 is 11.3 Å². The van der Waals surface area contributed by atoms with Gasteiger partial charge in [0.05, 0.1) is 17.7 Å². The molecule has 0 spiro atoms. The first kappa shape index (κ1) is 21.8.